The molecule has 0 unspecified atom stereocenters. The van der Waals surface area contributed by atoms with E-state index in [0.29, 0.717) is 29.1 Å². The topological polar surface area (TPSA) is 63.7 Å². The van der Waals surface area contributed by atoms with E-state index in [9.17, 15) is 4.79 Å². The van der Waals surface area contributed by atoms with Crippen molar-refractivity contribution in [1.82, 2.24) is 15.2 Å². The number of aromatic nitrogens is 1. The lowest BCUT2D eigenvalue weighted by Gasteiger charge is -2.36. The van der Waals surface area contributed by atoms with Crippen LogP contribution in [0.25, 0.3) is 0 Å². The fraction of sp³-hybridized carbons (Fsp3) is 0.520. The van der Waals surface area contributed by atoms with Gasteiger partial charge in [-0.3, -0.25) is 14.7 Å². The Hall–Kier alpha value is -2.60. The zero-order chi connectivity index (χ0) is 21.8. The van der Waals surface area contributed by atoms with E-state index in [0.717, 1.165) is 50.9 Å². The maximum absolute atomic E-state index is 12.4. The average molecular weight is 424 g/mol. The number of nitrogens with zero attached hydrogens (tertiary/aromatic N) is 2. The van der Waals surface area contributed by atoms with Crippen LogP contribution in [0.2, 0.25) is 0 Å². The predicted molar refractivity (Wildman–Crippen MR) is 121 cm³/mol. The summed E-state index contributed by atoms with van der Waals surface area (Å²) in [5, 5.41) is 3.03. The smallest absolute Gasteiger partial charge is 0.251 e. The van der Waals surface area contributed by atoms with Gasteiger partial charge in [-0.25, -0.2) is 0 Å². The molecule has 1 aliphatic carbocycles. The number of amides is 1. The van der Waals surface area contributed by atoms with Crippen LogP contribution in [0.5, 0.6) is 11.5 Å². The molecule has 1 N–H and O–H groups in total. The van der Waals surface area contributed by atoms with E-state index >= 15 is 0 Å². The lowest BCUT2D eigenvalue weighted by atomic mass is 10.0. The Morgan fingerprint density at radius 1 is 1.16 bits per heavy atom. The maximum atomic E-state index is 12.4. The molecule has 1 saturated carbocycles. The first-order valence-electron chi connectivity index (χ1n) is 11.3. The number of methoxy groups -OCH3 is 1. The molecule has 0 spiro atoms. The van der Waals surface area contributed by atoms with E-state index in [4.69, 9.17) is 9.47 Å². The summed E-state index contributed by atoms with van der Waals surface area (Å²) in [6, 6.07) is 10.4. The number of nitrogens with one attached hydrogen (secondary N) is 1. The molecule has 1 aliphatic heterocycles. The number of carbonyl (C=O) groups excluding carboxylic acids is 1. The quantitative estimate of drug-likeness (QED) is 0.700. The Labute approximate surface area is 185 Å². The first kappa shape index (κ1) is 21.6. The molecule has 2 aliphatic rings. The summed E-state index contributed by atoms with van der Waals surface area (Å²) in [4.78, 5) is 19.4. The highest BCUT2D eigenvalue weighted by atomic mass is 16.5. The number of aryl methyl sites for hydroxylation is 1. The Bertz CT molecular complexity index is 905. The van der Waals surface area contributed by atoms with Gasteiger partial charge in [0, 0.05) is 49.0 Å². The first-order valence-corrected chi connectivity index (χ1v) is 11.3. The lowest BCUT2D eigenvalue weighted by molar-refractivity contribution is 0.0774. The number of rotatable bonds is 8. The molecule has 2 fully saturated rings. The van der Waals surface area contributed by atoms with Gasteiger partial charge >= 0.3 is 0 Å². The lowest BCUT2D eigenvalue weighted by Crippen LogP contribution is -2.43. The summed E-state index contributed by atoms with van der Waals surface area (Å²) >= 11 is 0. The van der Waals surface area contributed by atoms with Gasteiger partial charge in [0.25, 0.3) is 5.91 Å². The molecule has 6 nitrogen and oxygen atoms in total. The minimum Gasteiger partial charge on any atom is -0.493 e. The number of hydrogen-bond acceptors (Lipinski definition) is 5. The Morgan fingerprint density at radius 2 is 1.94 bits per heavy atom. The summed E-state index contributed by atoms with van der Waals surface area (Å²) in [5.41, 5.74) is 3.03. The van der Waals surface area contributed by atoms with Crippen LogP contribution in [-0.4, -0.2) is 54.2 Å². The van der Waals surface area contributed by atoms with Crippen molar-refractivity contribution in [2.45, 2.75) is 64.1 Å². The molecular formula is C25H33N3O3. The molecule has 1 amide bonds. The summed E-state index contributed by atoms with van der Waals surface area (Å²) < 4.78 is 11.8. The van der Waals surface area contributed by atoms with E-state index in [1.54, 1.807) is 13.2 Å². The number of pyridine rings is 1. The molecule has 0 bridgehead atoms. The normalized spacial score (nSPS) is 18.4. The van der Waals surface area contributed by atoms with E-state index in [1.165, 1.54) is 5.56 Å². The number of piperidine rings is 1. The van der Waals surface area contributed by atoms with Gasteiger partial charge in [-0.05, 0) is 75.4 Å². The Balaban J connectivity index is 1.33. The second-order valence-corrected chi connectivity index (χ2v) is 8.84. The standard InChI is InChI=1S/C25H33N3O3/c1-17-8-11-26-21(14-17)15-18(2)28-12-9-22(10-13-28)31-24-16-19(4-7-23(24)30-3)25(29)27-20-5-6-20/h4,7-8,11,14,16,18,20,22H,5-6,9-10,12-13,15H2,1-3H3,(H,27,29)/t18-/m0/s1. The van der Waals surface area contributed by atoms with Crippen LogP contribution in [0.4, 0.5) is 0 Å². The highest BCUT2D eigenvalue weighted by molar-refractivity contribution is 5.95. The fourth-order valence-corrected chi connectivity index (χ4v) is 4.16. The van der Waals surface area contributed by atoms with Crippen molar-refractivity contribution < 1.29 is 14.3 Å². The molecule has 31 heavy (non-hydrogen) atoms. The zero-order valence-electron chi connectivity index (χ0n) is 18.8. The molecule has 1 aromatic heterocycles. The summed E-state index contributed by atoms with van der Waals surface area (Å²) in [5.74, 6) is 1.29. The van der Waals surface area contributed by atoms with E-state index < -0.39 is 0 Å². The van der Waals surface area contributed by atoms with Crippen molar-refractivity contribution in [3.05, 3.63) is 53.3 Å². The van der Waals surface area contributed by atoms with Crippen LogP contribution in [0.1, 0.15) is 54.2 Å². The van der Waals surface area contributed by atoms with Crippen LogP contribution < -0.4 is 14.8 Å². The van der Waals surface area contributed by atoms with Crippen molar-refractivity contribution in [3.8, 4) is 11.5 Å². The molecule has 2 heterocycles. The maximum Gasteiger partial charge on any atom is 0.251 e. The fourth-order valence-electron chi connectivity index (χ4n) is 4.16. The highest BCUT2D eigenvalue weighted by Gasteiger charge is 2.27. The number of ether oxygens (including phenoxy) is 2. The molecule has 1 aromatic carbocycles. The van der Waals surface area contributed by atoms with Gasteiger partial charge in [-0.2, -0.15) is 0 Å². The second kappa shape index (κ2) is 9.69. The van der Waals surface area contributed by atoms with Crippen LogP contribution in [0.15, 0.2) is 36.5 Å². The predicted octanol–water partition coefficient (Wildman–Crippen LogP) is 3.77. The van der Waals surface area contributed by atoms with Gasteiger partial charge in [-0.1, -0.05) is 0 Å². The van der Waals surface area contributed by atoms with Crippen molar-refractivity contribution in [2.75, 3.05) is 20.2 Å². The first-order chi connectivity index (χ1) is 15.0. The summed E-state index contributed by atoms with van der Waals surface area (Å²) in [6.07, 6.45) is 7.02. The zero-order valence-corrected chi connectivity index (χ0v) is 18.8. The molecule has 166 valence electrons. The Kier molecular flexibility index (Phi) is 6.76. The molecule has 1 atom stereocenters. The molecule has 6 heteroatoms. The number of carbonyl (C=O) groups is 1. The number of likely N-dealkylation sites (tertiary alicyclic amines) is 1. The van der Waals surface area contributed by atoms with Crippen molar-refractivity contribution in [3.63, 3.8) is 0 Å². The van der Waals surface area contributed by atoms with Gasteiger partial charge < -0.3 is 14.8 Å². The molecule has 4 rings (SSSR count). The monoisotopic (exact) mass is 423 g/mol. The highest BCUT2D eigenvalue weighted by Crippen LogP contribution is 2.31. The largest absolute Gasteiger partial charge is 0.493 e. The van der Waals surface area contributed by atoms with E-state index in [-0.39, 0.29) is 12.0 Å². The van der Waals surface area contributed by atoms with E-state index in [2.05, 4.69) is 35.1 Å². The third-order valence-electron chi connectivity index (χ3n) is 6.21. The summed E-state index contributed by atoms with van der Waals surface area (Å²) in [7, 11) is 1.63. The molecule has 2 aromatic rings. The van der Waals surface area contributed by atoms with Crippen LogP contribution in [0.3, 0.4) is 0 Å². The molecular weight excluding hydrogens is 390 g/mol. The number of benzene rings is 1. The summed E-state index contributed by atoms with van der Waals surface area (Å²) in [6.45, 7) is 6.36. The van der Waals surface area contributed by atoms with Crippen molar-refractivity contribution in [2.24, 2.45) is 0 Å². The van der Waals surface area contributed by atoms with Crippen LogP contribution in [-0.2, 0) is 6.42 Å². The van der Waals surface area contributed by atoms with Crippen LogP contribution in [0, 0.1) is 6.92 Å². The third-order valence-corrected chi connectivity index (χ3v) is 6.21. The van der Waals surface area contributed by atoms with E-state index in [1.807, 2.05) is 24.4 Å². The SMILES string of the molecule is COc1ccc(C(=O)NC2CC2)cc1OC1CCN([C@@H](C)Cc2cc(C)ccn2)CC1. The van der Waals surface area contributed by atoms with Crippen molar-refractivity contribution in [1.29, 1.82) is 0 Å². The minimum absolute atomic E-state index is 0.0385. The molecule has 0 radical (unpaired) electrons. The Morgan fingerprint density at radius 3 is 2.61 bits per heavy atom. The average Bonchev–Trinajstić information content (AvgIpc) is 3.58. The van der Waals surface area contributed by atoms with Gasteiger partial charge in [0.15, 0.2) is 11.5 Å². The third kappa shape index (κ3) is 5.76. The van der Waals surface area contributed by atoms with Gasteiger partial charge in [0.1, 0.15) is 6.10 Å². The molecule has 1 saturated heterocycles. The van der Waals surface area contributed by atoms with Crippen LogP contribution >= 0.6 is 0 Å². The number of hydrogen-bond donors (Lipinski definition) is 1. The minimum atomic E-state index is -0.0385. The van der Waals surface area contributed by atoms with Gasteiger partial charge in [-0.15, -0.1) is 0 Å². The van der Waals surface area contributed by atoms with Crippen molar-refractivity contribution >= 4 is 5.91 Å². The second-order valence-electron chi connectivity index (χ2n) is 8.84. The van der Waals surface area contributed by atoms with Gasteiger partial charge in [0.05, 0.1) is 7.11 Å². The van der Waals surface area contributed by atoms with Gasteiger partial charge in [0.2, 0.25) is 0 Å².